The van der Waals surface area contributed by atoms with Crippen molar-refractivity contribution in [2.75, 3.05) is 77.5 Å². The van der Waals surface area contributed by atoms with Gasteiger partial charge in [-0.2, -0.15) is 11.8 Å². The number of aromatic nitrogens is 1. The zero-order chi connectivity index (χ0) is 43.3. The number of fused-ring (bicyclic) bond motifs is 4. The maximum Gasteiger partial charge on any atom is 0.315 e. The highest BCUT2D eigenvalue weighted by molar-refractivity contribution is 8.00. The van der Waals surface area contributed by atoms with Crippen LogP contribution in [0.3, 0.4) is 0 Å². The largest absolute Gasteiger partial charge is 0.497 e. The van der Waals surface area contributed by atoms with Gasteiger partial charge in [0.1, 0.15) is 11.5 Å². The predicted molar refractivity (Wildman–Crippen MR) is 239 cm³/mol. The molecule has 62 heavy (non-hydrogen) atoms. The Hall–Kier alpha value is -4.70. The molecule has 0 spiro atoms. The van der Waals surface area contributed by atoms with Crippen LogP contribution in [0.25, 0.3) is 11.1 Å². The molecule has 334 valence electrons. The minimum atomic E-state index is -0.0886. The van der Waals surface area contributed by atoms with Crippen molar-refractivity contribution in [1.29, 1.82) is 0 Å². The van der Waals surface area contributed by atoms with E-state index in [-0.39, 0.29) is 53.7 Å². The minimum Gasteiger partial charge on any atom is -0.497 e. The standard InChI is InChI=1S/C47H62N6O8S/c1-52-40(13-11-35(54)17-22-59-24-26-61-27-25-60-23-20-49-43(55)9-4-3-8-42-45-39(31-62-42)50-47(57)51-45)37-16-21-53(44(56)28-32-14-18-48-19-15-32)46(37)38-30-34(10-12-41(38)52)33-6-5-7-36(29-33)58-2/h5-7,10,12,14-15,18-19,29-30,37,39-40,42,45-46H,3-4,8-9,11,13,16-17,20-28,31H2,1-2H3,(H,49,55)(H2,50,51,57)/t37-,39+,40+,42+,45+,46-/m1/s1. The molecule has 7 rings (SSSR count). The van der Waals surface area contributed by atoms with Gasteiger partial charge in [0.05, 0.1) is 71.3 Å². The fourth-order valence-corrected chi connectivity index (χ4v) is 11.0. The van der Waals surface area contributed by atoms with Crippen molar-refractivity contribution in [2.24, 2.45) is 5.92 Å². The lowest BCUT2D eigenvalue weighted by atomic mass is 9.79. The van der Waals surface area contributed by atoms with E-state index in [9.17, 15) is 19.2 Å². The topological polar surface area (TPSA) is 161 Å². The predicted octanol–water partition coefficient (Wildman–Crippen LogP) is 5.34. The van der Waals surface area contributed by atoms with Gasteiger partial charge in [-0.05, 0) is 84.3 Å². The van der Waals surface area contributed by atoms with Crippen molar-refractivity contribution in [3.05, 3.63) is 78.1 Å². The molecule has 0 saturated carbocycles. The maximum absolute atomic E-state index is 13.9. The highest BCUT2D eigenvalue weighted by atomic mass is 32.2. The summed E-state index contributed by atoms with van der Waals surface area (Å²) in [5.74, 6) is 2.23. The normalized spacial score (nSPS) is 22.4. The maximum atomic E-state index is 13.9. The Morgan fingerprint density at radius 1 is 0.871 bits per heavy atom. The molecular formula is C47H62N6O8S. The summed E-state index contributed by atoms with van der Waals surface area (Å²) in [6.07, 6.45) is 9.40. The van der Waals surface area contributed by atoms with Crippen LogP contribution in [0.15, 0.2) is 67.0 Å². The number of benzene rings is 2. The molecule has 1 aromatic heterocycles. The number of anilines is 1. The monoisotopic (exact) mass is 870 g/mol. The van der Waals surface area contributed by atoms with Gasteiger partial charge in [0, 0.05) is 80.4 Å². The van der Waals surface area contributed by atoms with Gasteiger partial charge < -0.3 is 44.7 Å². The number of carbonyl (C=O) groups is 4. The lowest BCUT2D eigenvalue weighted by molar-refractivity contribution is -0.132. The third-order valence-electron chi connectivity index (χ3n) is 12.6. The molecule has 0 unspecified atom stereocenters. The van der Waals surface area contributed by atoms with E-state index < -0.39 is 0 Å². The van der Waals surface area contributed by atoms with E-state index >= 15 is 0 Å². The van der Waals surface area contributed by atoms with Crippen molar-refractivity contribution < 1.29 is 38.1 Å². The molecule has 4 amide bonds. The van der Waals surface area contributed by atoms with E-state index in [0.717, 1.165) is 65.1 Å². The number of unbranched alkanes of at least 4 members (excludes halogenated alkanes) is 1. The van der Waals surface area contributed by atoms with Crippen LogP contribution in [0.1, 0.15) is 68.5 Å². The van der Waals surface area contributed by atoms with Crippen LogP contribution in [0.2, 0.25) is 0 Å². The molecule has 0 aliphatic carbocycles. The SMILES string of the molecule is COc1cccc(-c2ccc3c(c2)[C@H]2[C@H](CCN2C(=O)Cc2ccncc2)[C@H](CCC(=O)CCOCCOCCOCCNC(=O)CCCC[C@@H]2SC[C@@H]4NC(=O)N[C@@H]42)N3C)c1. The number of ether oxygens (including phenoxy) is 4. The van der Waals surface area contributed by atoms with Gasteiger partial charge in [0.25, 0.3) is 0 Å². The van der Waals surface area contributed by atoms with E-state index in [4.69, 9.17) is 18.9 Å². The van der Waals surface area contributed by atoms with Crippen molar-refractivity contribution in [3.63, 3.8) is 0 Å². The van der Waals surface area contributed by atoms with E-state index in [0.29, 0.717) is 90.1 Å². The number of thioether (sulfide) groups is 1. The van der Waals surface area contributed by atoms with Gasteiger partial charge in [-0.15, -0.1) is 0 Å². The first-order valence-electron chi connectivity index (χ1n) is 22.2. The molecule has 5 heterocycles. The number of likely N-dealkylation sites (tertiary alicyclic amines) is 1. The molecule has 3 fully saturated rings. The number of pyridine rings is 1. The second kappa shape index (κ2) is 22.6. The molecule has 3 N–H and O–H groups in total. The second-order valence-corrected chi connectivity index (χ2v) is 17.9. The van der Waals surface area contributed by atoms with Crippen LogP contribution in [0.5, 0.6) is 5.75 Å². The Bertz CT molecular complexity index is 1970. The first kappa shape index (κ1) is 45.3. The van der Waals surface area contributed by atoms with Crippen molar-refractivity contribution >= 4 is 41.1 Å². The number of nitrogens with zero attached hydrogens (tertiary/aromatic N) is 3. The number of methoxy groups -OCH3 is 1. The molecule has 3 aromatic rings. The lowest BCUT2D eigenvalue weighted by Crippen LogP contribution is -2.47. The number of nitrogens with one attached hydrogen (secondary N) is 3. The number of rotatable bonds is 24. The summed E-state index contributed by atoms with van der Waals surface area (Å²) in [6.45, 7) is 3.52. The highest BCUT2D eigenvalue weighted by Crippen LogP contribution is 2.50. The number of ketones is 1. The fraction of sp³-hybridized carbons (Fsp3) is 0.553. The van der Waals surface area contributed by atoms with Gasteiger partial charge in [-0.3, -0.25) is 19.4 Å². The fourth-order valence-electron chi connectivity index (χ4n) is 9.43. The van der Waals surface area contributed by atoms with E-state index in [1.54, 1.807) is 19.5 Å². The Labute approximate surface area is 369 Å². The lowest BCUT2D eigenvalue weighted by Gasteiger charge is -2.45. The summed E-state index contributed by atoms with van der Waals surface area (Å²) >= 11 is 1.90. The van der Waals surface area contributed by atoms with Gasteiger partial charge in [0.15, 0.2) is 0 Å². The number of urea groups is 1. The van der Waals surface area contributed by atoms with Crippen LogP contribution in [-0.4, -0.2) is 130 Å². The first-order chi connectivity index (χ1) is 30.3. The van der Waals surface area contributed by atoms with Gasteiger partial charge >= 0.3 is 6.03 Å². The number of hydrogen-bond acceptors (Lipinski definition) is 11. The van der Waals surface area contributed by atoms with Crippen molar-refractivity contribution in [1.82, 2.24) is 25.8 Å². The number of amides is 4. The summed E-state index contributed by atoms with van der Waals surface area (Å²) in [6, 6.07) is 18.8. The van der Waals surface area contributed by atoms with Crippen LogP contribution in [0.4, 0.5) is 10.5 Å². The Balaban J connectivity index is 0.778. The summed E-state index contributed by atoms with van der Waals surface area (Å²) in [4.78, 5) is 59.3. The molecular weight excluding hydrogens is 809 g/mol. The molecule has 4 aliphatic heterocycles. The zero-order valence-electron chi connectivity index (χ0n) is 36.1. The minimum absolute atomic E-state index is 0.0281. The van der Waals surface area contributed by atoms with Crippen LogP contribution >= 0.6 is 11.8 Å². The van der Waals surface area contributed by atoms with Gasteiger partial charge in [-0.1, -0.05) is 24.6 Å². The summed E-state index contributed by atoms with van der Waals surface area (Å²) in [5, 5.41) is 9.30. The Morgan fingerprint density at radius 2 is 1.65 bits per heavy atom. The summed E-state index contributed by atoms with van der Waals surface area (Å²) in [5.41, 5.74) is 5.31. The average Bonchev–Trinajstić information content (AvgIpc) is 4.00. The molecule has 15 heteroatoms. The number of carbonyl (C=O) groups excluding carboxylic acids is 4. The van der Waals surface area contributed by atoms with E-state index in [2.05, 4.69) is 62.0 Å². The quantitative estimate of drug-likeness (QED) is 0.0788. The summed E-state index contributed by atoms with van der Waals surface area (Å²) < 4.78 is 22.5. The molecule has 3 saturated heterocycles. The Kier molecular flexibility index (Phi) is 16.5. The van der Waals surface area contributed by atoms with Crippen molar-refractivity contribution in [2.45, 2.75) is 87.2 Å². The molecule has 4 aliphatic rings. The molecule has 6 atom stereocenters. The first-order valence-corrected chi connectivity index (χ1v) is 23.2. The summed E-state index contributed by atoms with van der Waals surface area (Å²) in [7, 11) is 3.79. The zero-order valence-corrected chi connectivity index (χ0v) is 36.9. The van der Waals surface area contributed by atoms with Crippen LogP contribution in [-0.2, 0) is 35.0 Å². The molecule has 14 nitrogen and oxygen atoms in total. The highest BCUT2D eigenvalue weighted by Gasteiger charge is 2.48. The van der Waals surface area contributed by atoms with E-state index in [1.165, 1.54) is 0 Å². The van der Waals surface area contributed by atoms with Gasteiger partial charge in [0.2, 0.25) is 11.8 Å². The average molecular weight is 871 g/mol. The van der Waals surface area contributed by atoms with Crippen molar-refractivity contribution in [3.8, 4) is 16.9 Å². The second-order valence-electron chi connectivity index (χ2n) is 16.6. The smallest absolute Gasteiger partial charge is 0.315 e. The van der Waals surface area contributed by atoms with Crippen LogP contribution < -0.4 is 25.6 Å². The van der Waals surface area contributed by atoms with Crippen LogP contribution in [0, 0.1) is 5.92 Å². The third kappa shape index (κ3) is 11.9. The number of hydrogen-bond donors (Lipinski definition) is 3. The third-order valence-corrected chi connectivity index (χ3v) is 14.1. The van der Waals surface area contributed by atoms with Gasteiger partial charge in [-0.25, -0.2) is 4.79 Å². The Morgan fingerprint density at radius 3 is 2.45 bits per heavy atom. The molecule has 0 bridgehead atoms. The molecule has 0 radical (unpaired) electrons. The van der Waals surface area contributed by atoms with E-state index in [1.807, 2.05) is 42.1 Å². The molecule has 2 aromatic carbocycles. The number of Topliss-reactive ketones (excluding diaryl/α,β-unsaturated/α-hetero) is 1.